The van der Waals surface area contributed by atoms with Gasteiger partial charge < -0.3 is 15.6 Å². The Labute approximate surface area is 130 Å². The Morgan fingerprint density at radius 3 is 2.68 bits per heavy atom. The average Bonchev–Trinajstić information content (AvgIpc) is 2.92. The molecule has 0 aliphatic heterocycles. The molecule has 0 bridgehead atoms. The molecule has 0 aliphatic carbocycles. The third kappa shape index (κ3) is 4.55. The Hall–Kier alpha value is -2.42. The van der Waals surface area contributed by atoms with Crippen LogP contribution in [0.4, 0.5) is 0 Å². The lowest BCUT2D eigenvalue weighted by molar-refractivity contribution is -0.306. The van der Waals surface area contributed by atoms with Gasteiger partial charge in [-0.25, -0.2) is 4.68 Å². The molecule has 1 amide bonds. The number of benzene rings is 1. The summed E-state index contributed by atoms with van der Waals surface area (Å²) in [5, 5.41) is 22.6. The normalized spacial score (nSPS) is 12.0. The van der Waals surface area contributed by atoms with Crippen LogP contribution in [0.1, 0.15) is 17.9 Å². The highest BCUT2D eigenvalue weighted by atomic mass is 32.2. The molecule has 2 N–H and O–H groups in total. The second-order valence-electron chi connectivity index (χ2n) is 4.58. The van der Waals surface area contributed by atoms with E-state index in [-0.39, 0.29) is 24.6 Å². The summed E-state index contributed by atoms with van der Waals surface area (Å²) in [4.78, 5) is 21.8. The largest absolute Gasteiger partial charge is 0.550 e. The van der Waals surface area contributed by atoms with Crippen LogP contribution in [0.15, 0.2) is 35.5 Å². The third-order valence-corrected chi connectivity index (χ3v) is 3.90. The topological polar surface area (TPSA) is 127 Å². The van der Waals surface area contributed by atoms with Gasteiger partial charge in [-0.15, -0.1) is 5.10 Å². The Kier molecular flexibility index (Phi) is 5.48. The number of tetrazole rings is 1. The van der Waals surface area contributed by atoms with Crippen molar-refractivity contribution < 1.29 is 14.7 Å². The first-order valence-electron chi connectivity index (χ1n) is 6.48. The number of rotatable bonds is 8. The smallest absolute Gasteiger partial charge is 0.227 e. The third-order valence-electron chi connectivity index (χ3n) is 2.92. The molecule has 0 aliphatic rings. The van der Waals surface area contributed by atoms with E-state index in [0.717, 1.165) is 17.3 Å². The molecule has 1 aromatic heterocycles. The van der Waals surface area contributed by atoms with Gasteiger partial charge in [0.2, 0.25) is 11.1 Å². The predicted octanol–water partition coefficient (Wildman–Crippen LogP) is -0.826. The number of carbonyl (C=O) groups is 2. The summed E-state index contributed by atoms with van der Waals surface area (Å²) < 4.78 is 1.47. The summed E-state index contributed by atoms with van der Waals surface area (Å²) in [5.74, 6) is -1.90. The summed E-state index contributed by atoms with van der Waals surface area (Å²) >= 11 is 1.11. The van der Waals surface area contributed by atoms with Crippen LogP contribution in [-0.4, -0.2) is 37.8 Å². The lowest BCUT2D eigenvalue weighted by atomic mass is 9.96. The number of nitrogens with zero attached hydrogens (tertiary/aromatic N) is 4. The molecule has 1 heterocycles. The van der Waals surface area contributed by atoms with Crippen molar-refractivity contribution in [3.8, 4) is 0 Å². The van der Waals surface area contributed by atoms with E-state index in [0.29, 0.717) is 5.16 Å². The maximum atomic E-state index is 11.0. The van der Waals surface area contributed by atoms with Gasteiger partial charge in [0, 0.05) is 11.9 Å². The Morgan fingerprint density at radius 1 is 1.32 bits per heavy atom. The van der Waals surface area contributed by atoms with Crippen molar-refractivity contribution in [2.75, 3.05) is 5.75 Å². The van der Waals surface area contributed by atoms with Crippen LogP contribution < -0.4 is 10.8 Å². The zero-order valence-corrected chi connectivity index (χ0v) is 12.4. The van der Waals surface area contributed by atoms with Crippen molar-refractivity contribution >= 4 is 23.6 Å². The van der Waals surface area contributed by atoms with Crippen molar-refractivity contribution in [1.82, 2.24) is 20.2 Å². The van der Waals surface area contributed by atoms with Crippen LogP contribution in [0.3, 0.4) is 0 Å². The number of carboxylic acid groups (broad SMARTS) is 1. The number of amides is 1. The first kappa shape index (κ1) is 16.0. The maximum absolute atomic E-state index is 11.0. The molecule has 1 aromatic carbocycles. The van der Waals surface area contributed by atoms with Gasteiger partial charge in [-0.2, -0.15) is 0 Å². The van der Waals surface area contributed by atoms with E-state index in [2.05, 4.69) is 15.5 Å². The maximum Gasteiger partial charge on any atom is 0.227 e. The molecule has 2 rings (SSSR count). The second kappa shape index (κ2) is 7.55. The van der Waals surface area contributed by atoms with Gasteiger partial charge in [0.1, 0.15) is 0 Å². The molecule has 0 fully saturated rings. The number of nitrogens with two attached hydrogens (primary N) is 1. The Bertz CT molecular complexity index is 646. The van der Waals surface area contributed by atoms with Gasteiger partial charge >= 0.3 is 0 Å². The molecule has 0 unspecified atom stereocenters. The minimum atomic E-state index is -1.15. The molecule has 0 saturated carbocycles. The summed E-state index contributed by atoms with van der Waals surface area (Å²) in [5.41, 5.74) is 5.95. The second-order valence-corrected chi connectivity index (χ2v) is 5.52. The average molecular weight is 320 g/mol. The minimum absolute atomic E-state index is 0.0524. The van der Waals surface area contributed by atoms with Crippen LogP contribution in [0.2, 0.25) is 0 Å². The van der Waals surface area contributed by atoms with Gasteiger partial charge in [-0.1, -0.05) is 42.1 Å². The highest BCUT2D eigenvalue weighted by Crippen LogP contribution is 2.23. The standard InChI is InChI=1S/C13H15N5O3S/c14-11(19)8-22-13-15-16-17-18(13)7-10(6-12(20)21)9-4-2-1-3-5-9/h1-5,10H,6-8H2,(H2,14,19)(H,20,21)/p-1/t10-/m0/s1. The van der Waals surface area contributed by atoms with Crippen molar-refractivity contribution in [3.63, 3.8) is 0 Å². The van der Waals surface area contributed by atoms with E-state index in [1.54, 1.807) is 0 Å². The number of hydrogen-bond donors (Lipinski definition) is 1. The van der Waals surface area contributed by atoms with Gasteiger partial charge in [-0.3, -0.25) is 4.79 Å². The molecular weight excluding hydrogens is 306 g/mol. The highest BCUT2D eigenvalue weighted by molar-refractivity contribution is 7.99. The molecule has 0 saturated heterocycles. The zero-order chi connectivity index (χ0) is 15.9. The van der Waals surface area contributed by atoms with Crippen molar-refractivity contribution in [2.24, 2.45) is 5.73 Å². The lowest BCUT2D eigenvalue weighted by Gasteiger charge is -2.18. The molecule has 116 valence electrons. The van der Waals surface area contributed by atoms with E-state index in [4.69, 9.17) is 5.73 Å². The lowest BCUT2D eigenvalue weighted by Crippen LogP contribution is -2.26. The minimum Gasteiger partial charge on any atom is -0.550 e. The molecular formula is C13H14N5O3S-. The number of carbonyl (C=O) groups excluding carboxylic acids is 2. The quantitative estimate of drug-likeness (QED) is 0.629. The van der Waals surface area contributed by atoms with Crippen LogP contribution in [-0.2, 0) is 16.1 Å². The molecule has 2 aromatic rings. The summed E-state index contributed by atoms with van der Waals surface area (Å²) in [6.07, 6.45) is -0.149. The van der Waals surface area contributed by atoms with Crippen LogP contribution in [0, 0.1) is 0 Å². The first-order valence-corrected chi connectivity index (χ1v) is 7.47. The van der Waals surface area contributed by atoms with E-state index >= 15 is 0 Å². The molecule has 8 nitrogen and oxygen atoms in total. The monoisotopic (exact) mass is 320 g/mol. The van der Waals surface area contributed by atoms with Crippen LogP contribution in [0.5, 0.6) is 0 Å². The predicted molar refractivity (Wildman–Crippen MR) is 76.5 cm³/mol. The van der Waals surface area contributed by atoms with Crippen LogP contribution >= 0.6 is 11.8 Å². The fourth-order valence-corrected chi connectivity index (χ4v) is 2.60. The van der Waals surface area contributed by atoms with Crippen molar-refractivity contribution in [2.45, 2.75) is 24.0 Å². The molecule has 0 spiro atoms. The molecule has 1 atom stereocenters. The van der Waals surface area contributed by atoms with E-state index in [1.807, 2.05) is 30.3 Å². The number of primary amides is 1. The van der Waals surface area contributed by atoms with Gasteiger partial charge in [0.25, 0.3) is 0 Å². The molecule has 9 heteroatoms. The van der Waals surface area contributed by atoms with Crippen molar-refractivity contribution in [1.29, 1.82) is 0 Å². The zero-order valence-electron chi connectivity index (χ0n) is 11.6. The first-order chi connectivity index (χ1) is 10.6. The van der Waals surface area contributed by atoms with Gasteiger partial charge in [-0.05, 0) is 22.4 Å². The number of thioether (sulfide) groups is 1. The number of aromatic nitrogens is 4. The van der Waals surface area contributed by atoms with Gasteiger partial charge in [0.15, 0.2) is 0 Å². The van der Waals surface area contributed by atoms with E-state index in [9.17, 15) is 14.7 Å². The summed E-state index contributed by atoms with van der Waals surface area (Å²) in [6, 6.07) is 9.20. The van der Waals surface area contributed by atoms with E-state index < -0.39 is 11.9 Å². The molecule has 0 radical (unpaired) electrons. The van der Waals surface area contributed by atoms with E-state index in [1.165, 1.54) is 4.68 Å². The Morgan fingerprint density at radius 2 is 2.05 bits per heavy atom. The Balaban J connectivity index is 2.15. The number of hydrogen-bond acceptors (Lipinski definition) is 7. The fourth-order valence-electron chi connectivity index (χ4n) is 1.97. The number of aliphatic carboxylic acids is 1. The SMILES string of the molecule is NC(=O)CSc1nnnn1C[C@H](CC(=O)[O-])c1ccccc1. The summed E-state index contributed by atoms with van der Waals surface area (Å²) in [6.45, 7) is 0.270. The van der Waals surface area contributed by atoms with Crippen LogP contribution in [0.25, 0.3) is 0 Å². The fraction of sp³-hybridized carbons (Fsp3) is 0.308. The number of carboxylic acids is 1. The van der Waals surface area contributed by atoms with Crippen molar-refractivity contribution in [3.05, 3.63) is 35.9 Å². The van der Waals surface area contributed by atoms with Gasteiger partial charge in [0.05, 0.1) is 12.3 Å². The summed E-state index contributed by atoms with van der Waals surface area (Å²) in [7, 11) is 0. The molecule has 22 heavy (non-hydrogen) atoms. The highest BCUT2D eigenvalue weighted by Gasteiger charge is 2.17.